The number of benzene rings is 2. The van der Waals surface area contributed by atoms with Crippen molar-refractivity contribution < 1.29 is 14.0 Å². The molecule has 0 bridgehead atoms. The fraction of sp³-hybridized carbons (Fsp3) is 0.391. The zero-order valence-corrected chi connectivity index (χ0v) is 17.7. The van der Waals surface area contributed by atoms with E-state index in [-0.39, 0.29) is 17.8 Å². The summed E-state index contributed by atoms with van der Waals surface area (Å²) in [6.07, 6.45) is 5.08. The Balaban J connectivity index is 1.33. The molecule has 8 heteroatoms. The number of hydrogen-bond donors (Lipinski definition) is 4. The minimum atomic E-state index is -0.634. The van der Waals surface area contributed by atoms with Crippen molar-refractivity contribution in [1.82, 2.24) is 15.8 Å². The van der Waals surface area contributed by atoms with E-state index in [0.717, 1.165) is 37.7 Å². The molecule has 1 aliphatic rings. The minimum absolute atomic E-state index is 0.0468. The monoisotopic (exact) mass is 427 g/mol. The second-order valence-corrected chi connectivity index (χ2v) is 7.97. The standard InChI is InChI=1S/C23H30FN5O2/c1-29(22(30)17-8-12-19(13-9-17)26-23(25)31)14-4-2-3-5-20-15-21(28-27-20)16-6-10-18(24)11-7-16/h6-13,20-21,27-28H,2-5,14-15H2,1H3,(H3,25,26,31). The predicted octanol–water partition coefficient (Wildman–Crippen LogP) is 3.56. The highest BCUT2D eigenvalue weighted by Gasteiger charge is 2.24. The van der Waals surface area contributed by atoms with E-state index in [2.05, 4.69) is 16.2 Å². The van der Waals surface area contributed by atoms with Crippen LogP contribution < -0.4 is 21.9 Å². The molecule has 0 spiro atoms. The fourth-order valence-electron chi connectivity index (χ4n) is 3.80. The van der Waals surface area contributed by atoms with Gasteiger partial charge in [-0.2, -0.15) is 0 Å². The number of hydrazine groups is 1. The third-order valence-electron chi connectivity index (χ3n) is 5.55. The molecule has 1 heterocycles. The van der Waals surface area contributed by atoms with E-state index in [1.54, 1.807) is 36.2 Å². The van der Waals surface area contributed by atoms with Crippen LogP contribution in [-0.4, -0.2) is 36.5 Å². The number of nitrogens with one attached hydrogen (secondary N) is 3. The highest BCUT2D eigenvalue weighted by molar-refractivity contribution is 5.95. The van der Waals surface area contributed by atoms with Gasteiger partial charge in [-0.25, -0.2) is 9.18 Å². The van der Waals surface area contributed by atoms with Crippen LogP contribution in [0.5, 0.6) is 0 Å². The van der Waals surface area contributed by atoms with Crippen LogP contribution in [0.15, 0.2) is 48.5 Å². The van der Waals surface area contributed by atoms with E-state index in [9.17, 15) is 14.0 Å². The Hall–Kier alpha value is -2.97. The van der Waals surface area contributed by atoms with E-state index in [0.29, 0.717) is 23.8 Å². The first-order valence-corrected chi connectivity index (χ1v) is 10.6. The number of rotatable bonds is 9. The Morgan fingerprint density at radius 1 is 1.06 bits per heavy atom. The van der Waals surface area contributed by atoms with Crippen molar-refractivity contribution in [2.45, 2.75) is 44.2 Å². The van der Waals surface area contributed by atoms with Crippen molar-refractivity contribution in [2.24, 2.45) is 5.73 Å². The molecule has 1 aliphatic heterocycles. The minimum Gasteiger partial charge on any atom is -0.351 e. The average Bonchev–Trinajstić information content (AvgIpc) is 3.22. The number of primary amides is 1. The van der Waals surface area contributed by atoms with Crippen LogP contribution in [0.25, 0.3) is 0 Å². The largest absolute Gasteiger partial charge is 0.351 e. The molecule has 2 unspecified atom stereocenters. The number of nitrogens with two attached hydrogens (primary N) is 1. The lowest BCUT2D eigenvalue weighted by atomic mass is 9.99. The van der Waals surface area contributed by atoms with Gasteiger partial charge >= 0.3 is 6.03 Å². The molecule has 3 rings (SSSR count). The Bertz CT molecular complexity index is 873. The van der Waals surface area contributed by atoms with E-state index in [1.165, 1.54) is 12.1 Å². The van der Waals surface area contributed by atoms with Gasteiger partial charge in [0.1, 0.15) is 5.82 Å². The summed E-state index contributed by atoms with van der Waals surface area (Å²) in [5.41, 5.74) is 13.9. The van der Waals surface area contributed by atoms with Crippen LogP contribution in [0.4, 0.5) is 14.9 Å². The van der Waals surface area contributed by atoms with Crippen LogP contribution in [0.1, 0.15) is 54.1 Å². The van der Waals surface area contributed by atoms with Gasteiger partial charge in [-0.05, 0) is 61.2 Å². The number of unbranched alkanes of at least 4 members (excludes halogenated alkanes) is 2. The number of amides is 3. The van der Waals surface area contributed by atoms with E-state index in [1.807, 2.05) is 12.1 Å². The Morgan fingerprint density at radius 3 is 2.45 bits per heavy atom. The first-order valence-electron chi connectivity index (χ1n) is 10.6. The maximum atomic E-state index is 13.1. The molecule has 0 aliphatic carbocycles. The van der Waals surface area contributed by atoms with Crippen LogP contribution in [0, 0.1) is 5.82 Å². The molecule has 31 heavy (non-hydrogen) atoms. The zero-order valence-electron chi connectivity index (χ0n) is 17.7. The number of carbonyl (C=O) groups excluding carboxylic acids is 2. The highest BCUT2D eigenvalue weighted by atomic mass is 19.1. The first-order chi connectivity index (χ1) is 14.9. The number of anilines is 1. The van der Waals surface area contributed by atoms with Gasteiger partial charge in [0.05, 0.1) is 0 Å². The van der Waals surface area contributed by atoms with Gasteiger partial charge < -0.3 is 16.0 Å². The topological polar surface area (TPSA) is 99.5 Å². The molecule has 2 aromatic carbocycles. The van der Waals surface area contributed by atoms with Gasteiger partial charge in [-0.15, -0.1) is 0 Å². The van der Waals surface area contributed by atoms with Gasteiger partial charge in [-0.3, -0.25) is 15.6 Å². The van der Waals surface area contributed by atoms with E-state index >= 15 is 0 Å². The third-order valence-corrected chi connectivity index (χ3v) is 5.55. The summed E-state index contributed by atoms with van der Waals surface area (Å²) in [5, 5.41) is 2.48. The van der Waals surface area contributed by atoms with E-state index in [4.69, 9.17) is 5.73 Å². The van der Waals surface area contributed by atoms with Crippen molar-refractivity contribution in [3.05, 3.63) is 65.5 Å². The summed E-state index contributed by atoms with van der Waals surface area (Å²) < 4.78 is 13.1. The molecule has 0 radical (unpaired) electrons. The average molecular weight is 428 g/mol. The lowest BCUT2D eigenvalue weighted by molar-refractivity contribution is 0.0792. The van der Waals surface area contributed by atoms with Crippen molar-refractivity contribution >= 4 is 17.6 Å². The van der Waals surface area contributed by atoms with Crippen molar-refractivity contribution in [3.63, 3.8) is 0 Å². The van der Waals surface area contributed by atoms with Gasteiger partial charge in [0.2, 0.25) is 0 Å². The summed E-state index contributed by atoms with van der Waals surface area (Å²) in [7, 11) is 1.80. The summed E-state index contributed by atoms with van der Waals surface area (Å²) in [6, 6.07) is 13.3. The number of halogens is 1. The molecule has 1 saturated heterocycles. The lowest BCUT2D eigenvalue weighted by Crippen LogP contribution is -2.30. The lowest BCUT2D eigenvalue weighted by Gasteiger charge is -2.17. The molecule has 2 aromatic rings. The third kappa shape index (κ3) is 6.77. The second-order valence-electron chi connectivity index (χ2n) is 7.97. The maximum absolute atomic E-state index is 13.1. The van der Waals surface area contributed by atoms with Crippen LogP contribution >= 0.6 is 0 Å². The Morgan fingerprint density at radius 2 is 1.77 bits per heavy atom. The summed E-state index contributed by atoms with van der Waals surface area (Å²) >= 11 is 0. The predicted molar refractivity (Wildman–Crippen MR) is 119 cm³/mol. The molecule has 3 amide bonds. The number of hydrogen-bond acceptors (Lipinski definition) is 4. The van der Waals surface area contributed by atoms with E-state index < -0.39 is 6.03 Å². The molecular formula is C23H30FN5O2. The molecule has 5 N–H and O–H groups in total. The fourth-order valence-corrected chi connectivity index (χ4v) is 3.80. The molecular weight excluding hydrogens is 397 g/mol. The van der Waals surface area contributed by atoms with Crippen molar-refractivity contribution in [1.29, 1.82) is 0 Å². The summed E-state index contributed by atoms with van der Waals surface area (Å²) in [4.78, 5) is 25.1. The smallest absolute Gasteiger partial charge is 0.316 e. The molecule has 1 fully saturated rings. The molecule has 0 aromatic heterocycles. The molecule has 2 atom stereocenters. The number of carbonyl (C=O) groups is 2. The zero-order chi connectivity index (χ0) is 22.2. The summed E-state index contributed by atoms with van der Waals surface area (Å²) in [6.45, 7) is 0.689. The van der Waals surface area contributed by atoms with Gasteiger partial charge in [0.25, 0.3) is 5.91 Å². The highest BCUT2D eigenvalue weighted by Crippen LogP contribution is 2.24. The Kier molecular flexibility index (Phi) is 7.97. The van der Waals surface area contributed by atoms with Crippen molar-refractivity contribution in [2.75, 3.05) is 18.9 Å². The quantitative estimate of drug-likeness (QED) is 0.460. The van der Waals surface area contributed by atoms with Crippen molar-refractivity contribution in [3.8, 4) is 0 Å². The second kappa shape index (κ2) is 10.9. The molecule has 7 nitrogen and oxygen atoms in total. The number of nitrogens with zero attached hydrogens (tertiary/aromatic N) is 1. The van der Waals surface area contributed by atoms with Crippen LogP contribution in [-0.2, 0) is 0 Å². The van der Waals surface area contributed by atoms with Crippen LogP contribution in [0.2, 0.25) is 0 Å². The maximum Gasteiger partial charge on any atom is 0.316 e. The molecule has 0 saturated carbocycles. The summed E-state index contributed by atoms with van der Waals surface area (Å²) in [5.74, 6) is -0.263. The normalized spacial score (nSPS) is 18.0. The van der Waals surface area contributed by atoms with Gasteiger partial charge in [-0.1, -0.05) is 25.0 Å². The first kappa shape index (κ1) is 22.7. The SMILES string of the molecule is CN(CCCCCC1CC(c2ccc(F)cc2)NN1)C(=O)c1ccc(NC(N)=O)cc1. The molecule has 166 valence electrons. The van der Waals surface area contributed by atoms with Crippen LogP contribution in [0.3, 0.4) is 0 Å². The van der Waals surface area contributed by atoms with Gasteiger partial charge in [0, 0.05) is 36.9 Å². The number of urea groups is 1. The van der Waals surface area contributed by atoms with Gasteiger partial charge in [0.15, 0.2) is 0 Å². The Labute approximate surface area is 182 Å².